The molecule has 0 amide bonds. The Hall–Kier alpha value is 2.57. The predicted molar refractivity (Wildman–Crippen MR) is 262 cm³/mol. The maximum absolute atomic E-state index is 10.9. The Balaban J connectivity index is 0.000000251. The summed E-state index contributed by atoms with van der Waals surface area (Å²) in [6.07, 6.45) is 0. The van der Waals surface area contributed by atoms with Gasteiger partial charge in [0.25, 0.3) is 0 Å². The molecule has 6 aliphatic heterocycles. The van der Waals surface area contributed by atoms with E-state index >= 15 is 0 Å². The molecule has 0 aromatic rings. The molecule has 0 aliphatic carbocycles. The lowest BCUT2D eigenvalue weighted by Crippen LogP contribution is -2.81. The van der Waals surface area contributed by atoms with Crippen LogP contribution >= 0.6 is 0 Å². The van der Waals surface area contributed by atoms with E-state index in [0.717, 1.165) is 5.92 Å². The minimum Gasteiger partial charge on any atom is -0.455 e. The van der Waals surface area contributed by atoms with Crippen LogP contribution in [-0.2, 0) is 65.8 Å². The van der Waals surface area contributed by atoms with E-state index in [4.69, 9.17) is 65.8 Å². The molecule has 6 aliphatic rings. The number of rotatable bonds is 0. The fourth-order valence-corrected chi connectivity index (χ4v) is 78.0. The highest BCUT2D eigenvalue weighted by Gasteiger charge is 2.73. The van der Waals surface area contributed by atoms with Crippen molar-refractivity contribution in [3.63, 3.8) is 0 Å². The lowest BCUT2D eigenvalue weighted by Gasteiger charge is -2.56. The molecule has 0 saturated carbocycles. The fourth-order valence-electron chi connectivity index (χ4n) is 8.74. The van der Waals surface area contributed by atoms with Crippen LogP contribution in [0.2, 0.25) is 163 Å². The second kappa shape index (κ2) is 18.6. The zero-order valence-corrected chi connectivity index (χ0v) is 55.9. The molecule has 17 nitrogen and oxygen atoms in total. The van der Waals surface area contributed by atoms with Crippen LogP contribution in [0.25, 0.3) is 0 Å². The van der Waals surface area contributed by atoms with E-state index in [1.165, 1.54) is 18.6 Å². The zero-order valence-electron chi connectivity index (χ0n) is 40.6. The van der Waals surface area contributed by atoms with Gasteiger partial charge in [0.15, 0.2) is 16.6 Å². The molecule has 6 bridgehead atoms. The molecule has 32 heteroatoms. The Kier molecular flexibility index (Phi) is 17.6. The summed E-state index contributed by atoms with van der Waals surface area (Å²) in [5.41, 5.74) is 0. The highest BCUT2D eigenvalue weighted by Crippen LogP contribution is 2.43. The third-order valence-electron chi connectivity index (χ3n) is 8.22. The Bertz CT molecular complexity index is 1350. The molecule has 6 saturated heterocycles. The second-order valence-electron chi connectivity index (χ2n) is 21.1. The summed E-state index contributed by atoms with van der Waals surface area (Å²) in [4.78, 5) is 10.9. The van der Waals surface area contributed by atoms with Crippen molar-refractivity contribution in [3.05, 3.63) is 0 Å². The normalized spacial score (nSPS) is 44.0. The van der Waals surface area contributed by atoms with E-state index in [2.05, 4.69) is 105 Å². The Morgan fingerprint density at radius 2 is 0.644 bits per heavy atom. The molecule has 0 radical (unpaired) electrons. The lowest BCUT2D eigenvalue weighted by atomic mass is 10.3. The van der Waals surface area contributed by atoms with Crippen LogP contribution < -0.4 is 0 Å². The van der Waals surface area contributed by atoms with Gasteiger partial charge in [-0.25, -0.2) is 0 Å². The number of fused-ring (bicyclic) bond motifs is 4. The molecule has 6 heterocycles. The molecule has 59 heavy (non-hydrogen) atoms. The standard InChI is InChI=1S/C8H26O12Si8.C8H20OSi2.C7H22O4Si4.C4H12Si/c1-21-10-23(3)14-25(5)12-22(2,9)13-26(6)15-24(4,11-21)17-27(7,16-23)20-28(8,18-25)19-26;1-8-6-10(2,3)9-11(4,5)7-8;1-12-8-13(2,3)10-15(6,7)11-14(4,5)9-12;1-5(2,3)4/h9,21H,1-8H3;8H,6-7H2,1-5H3;12H,1-7H3;1-4H3. The predicted octanol–water partition coefficient (Wildman–Crippen LogP) is 7.09. The van der Waals surface area contributed by atoms with E-state index in [-0.39, 0.29) is 0 Å². The lowest BCUT2D eigenvalue weighted by molar-refractivity contribution is 0.0137. The van der Waals surface area contributed by atoms with Crippen LogP contribution in [0.15, 0.2) is 0 Å². The molecule has 350 valence electrons. The molecule has 4 unspecified atom stereocenters. The van der Waals surface area contributed by atoms with Crippen molar-refractivity contribution in [1.82, 2.24) is 0 Å². The summed E-state index contributed by atoms with van der Waals surface area (Å²) in [6.45, 7) is 49.1. The summed E-state index contributed by atoms with van der Waals surface area (Å²) in [7, 11) is -37.6. The molecule has 4 atom stereocenters. The van der Waals surface area contributed by atoms with Gasteiger partial charge < -0.3 is 70.6 Å². The molecule has 6 rings (SSSR count). The van der Waals surface area contributed by atoms with Gasteiger partial charge >= 0.3 is 106 Å². The van der Waals surface area contributed by atoms with Crippen molar-refractivity contribution in [1.29, 1.82) is 0 Å². The third kappa shape index (κ3) is 19.0. The molecular weight excluding hydrogens is 1020 g/mol. The average molecular weight is 1100 g/mol. The van der Waals surface area contributed by atoms with Crippen LogP contribution in [0, 0.1) is 5.92 Å². The highest BCUT2D eigenvalue weighted by atomic mass is 28.6. The monoisotopic (exact) mass is 1100 g/mol. The quantitative estimate of drug-likeness (QED) is 0.244. The van der Waals surface area contributed by atoms with Crippen molar-refractivity contribution in [3.8, 4) is 0 Å². The van der Waals surface area contributed by atoms with Gasteiger partial charge in [-0.05, 0) is 96.6 Å². The Morgan fingerprint density at radius 1 is 0.390 bits per heavy atom. The van der Waals surface area contributed by atoms with E-state index in [1.807, 2.05) is 6.55 Å². The summed E-state index contributed by atoms with van der Waals surface area (Å²) >= 11 is 0. The van der Waals surface area contributed by atoms with E-state index in [0.29, 0.717) is 0 Å². The highest BCUT2D eigenvalue weighted by molar-refractivity contribution is 6.99. The van der Waals surface area contributed by atoms with Gasteiger partial charge in [-0.15, -0.1) is 0 Å². The first kappa shape index (κ1) is 55.9. The zero-order chi connectivity index (χ0) is 46.0. The minimum atomic E-state index is -3.77. The van der Waals surface area contributed by atoms with Gasteiger partial charge in [0, 0.05) is 53.9 Å². The van der Waals surface area contributed by atoms with Crippen molar-refractivity contribution in [2.24, 2.45) is 5.92 Å². The summed E-state index contributed by atoms with van der Waals surface area (Å²) in [5.74, 6) is 0.923. The Labute approximate surface area is 374 Å². The summed E-state index contributed by atoms with van der Waals surface area (Å²) in [6, 6.07) is 2.73. The smallest absolute Gasteiger partial charge is 0.455 e. The first-order valence-corrected chi connectivity index (χ1v) is 59.1. The largest absolute Gasteiger partial charge is 0.480 e. The minimum absolute atomic E-state index is 0.611. The Morgan fingerprint density at radius 3 is 0.932 bits per heavy atom. The SMILES string of the molecule is CC1C[Si](C)(C)O[Si](C)(C)C1.C[SiH]1O[Si](C)(C)O[Si](C)(C)O[Si](C)(C)O1.C[SiH]1O[Si]2(C)O[Si]3(C)O[Si](C)(O)O[Si]4(C)O[Si](C)(O1)O[Si](C)(O2)O[Si](C)(O3)O4.C[Si](C)(C)C. The third-order valence-corrected chi connectivity index (χ3v) is 63.9. The maximum Gasteiger partial charge on any atom is 0.480 e. The molecule has 0 spiro atoms. The molecule has 1 N–H and O–H groups in total. The molecule has 6 fully saturated rings. The van der Waals surface area contributed by atoms with Crippen LogP contribution in [0.1, 0.15) is 6.92 Å². The van der Waals surface area contributed by atoms with Gasteiger partial charge in [0.05, 0.1) is 0 Å². The van der Waals surface area contributed by atoms with Crippen LogP contribution in [0.5, 0.6) is 0 Å². The van der Waals surface area contributed by atoms with Crippen LogP contribution in [0.3, 0.4) is 0 Å². The molecular formula is C27H80O17Si15. The molecule has 0 aromatic carbocycles. The van der Waals surface area contributed by atoms with Crippen molar-refractivity contribution in [2.75, 3.05) is 0 Å². The fraction of sp³-hybridized carbons (Fsp3) is 1.00. The number of hydrogen-bond donors (Lipinski definition) is 1. The van der Waals surface area contributed by atoms with Crippen molar-refractivity contribution < 1.29 is 70.6 Å². The van der Waals surface area contributed by atoms with Gasteiger partial charge in [0.1, 0.15) is 0 Å². The van der Waals surface area contributed by atoms with Crippen LogP contribution in [-0.4, -0.2) is 135 Å². The van der Waals surface area contributed by atoms with E-state index < -0.39 is 131 Å². The van der Waals surface area contributed by atoms with Crippen LogP contribution in [0.4, 0.5) is 0 Å². The van der Waals surface area contributed by atoms with Crippen molar-refractivity contribution >= 4 is 131 Å². The van der Waals surface area contributed by atoms with E-state index in [1.54, 1.807) is 39.3 Å². The van der Waals surface area contributed by atoms with E-state index in [9.17, 15) is 4.80 Å². The van der Waals surface area contributed by atoms with Gasteiger partial charge in [-0.1, -0.05) is 33.1 Å². The van der Waals surface area contributed by atoms with Gasteiger partial charge in [-0.3, -0.25) is 0 Å². The van der Waals surface area contributed by atoms with Crippen molar-refractivity contribution in [2.45, 2.75) is 170 Å². The second-order valence-corrected chi connectivity index (χ2v) is 71.4. The average Bonchev–Trinajstić information content (AvgIpc) is 2.76. The number of hydrogen-bond acceptors (Lipinski definition) is 17. The summed E-state index contributed by atoms with van der Waals surface area (Å²) < 4.78 is 98.9. The molecule has 0 aromatic heterocycles. The van der Waals surface area contributed by atoms with Gasteiger partial charge in [0.2, 0.25) is 0 Å². The maximum atomic E-state index is 10.9. The topological polar surface area (TPSA) is 168 Å². The first-order chi connectivity index (χ1) is 25.8. The first-order valence-electron chi connectivity index (χ1n) is 20.6. The van der Waals surface area contributed by atoms with Gasteiger partial charge in [-0.2, -0.15) is 0 Å². The summed E-state index contributed by atoms with van der Waals surface area (Å²) in [5, 5.41) is 0.